The molecule has 1 unspecified atom stereocenters. The van der Waals surface area contributed by atoms with E-state index >= 15 is 0 Å². The number of nitrogens with zero attached hydrogens (tertiary/aromatic N) is 1. The molecule has 0 spiro atoms. The fourth-order valence-electron chi connectivity index (χ4n) is 4.11. The highest BCUT2D eigenvalue weighted by atomic mass is 32.2. The number of hydrogen-bond donors (Lipinski definition) is 1. The Balaban J connectivity index is 1.53. The second-order valence-corrected chi connectivity index (χ2v) is 9.52. The van der Waals surface area contributed by atoms with Crippen LogP contribution in [0.5, 0.6) is 0 Å². The van der Waals surface area contributed by atoms with Crippen molar-refractivity contribution in [3.63, 3.8) is 0 Å². The van der Waals surface area contributed by atoms with Crippen molar-refractivity contribution in [3.05, 3.63) is 77.0 Å². The Labute approximate surface area is 195 Å². The van der Waals surface area contributed by atoms with E-state index in [2.05, 4.69) is 48.3 Å². The molecule has 2 aromatic carbocycles. The van der Waals surface area contributed by atoms with Crippen molar-refractivity contribution >= 4 is 22.6 Å². The molecule has 1 N–H and O–H groups in total. The Morgan fingerprint density at radius 2 is 1.69 bits per heavy atom. The average molecular weight is 453 g/mol. The summed E-state index contributed by atoms with van der Waals surface area (Å²) in [7, 11) is 0. The Morgan fingerprint density at radius 3 is 2.38 bits per heavy atom. The molecule has 1 fully saturated rings. The molecule has 6 heteroatoms. The minimum absolute atomic E-state index is 0.0982. The van der Waals surface area contributed by atoms with E-state index in [1.807, 2.05) is 30.3 Å². The first-order chi connectivity index (χ1) is 15.6. The van der Waals surface area contributed by atoms with Crippen LogP contribution in [0, 0.1) is 0 Å². The predicted molar refractivity (Wildman–Crippen MR) is 130 cm³/mol. The zero-order valence-electron chi connectivity index (χ0n) is 18.9. The molecule has 32 heavy (non-hydrogen) atoms. The Bertz CT molecular complexity index is 922. The molecule has 2 aliphatic rings. The van der Waals surface area contributed by atoms with Crippen molar-refractivity contribution in [3.8, 4) is 0 Å². The van der Waals surface area contributed by atoms with Crippen molar-refractivity contribution in [2.24, 2.45) is 0 Å². The Morgan fingerprint density at radius 1 is 1.00 bits per heavy atom. The van der Waals surface area contributed by atoms with Crippen molar-refractivity contribution < 1.29 is 14.3 Å². The minimum Gasteiger partial charge on any atom is -0.486 e. The number of carbonyl (C=O) groups is 1. The van der Waals surface area contributed by atoms with E-state index in [0.717, 1.165) is 42.5 Å². The maximum Gasteiger partial charge on any atom is 0.287 e. The molecule has 2 aliphatic heterocycles. The molecule has 5 nitrogen and oxygen atoms in total. The van der Waals surface area contributed by atoms with Gasteiger partial charge in [-0.25, -0.2) is 0 Å². The largest absolute Gasteiger partial charge is 0.486 e. The van der Waals surface area contributed by atoms with Crippen LogP contribution in [0.1, 0.15) is 42.5 Å². The summed E-state index contributed by atoms with van der Waals surface area (Å²) in [5, 5.41) is 3.17. The van der Waals surface area contributed by atoms with Gasteiger partial charge in [-0.05, 0) is 22.6 Å². The van der Waals surface area contributed by atoms with Gasteiger partial charge < -0.3 is 14.8 Å². The number of ether oxygens (including phenoxy) is 2. The van der Waals surface area contributed by atoms with Crippen LogP contribution in [-0.2, 0) is 14.3 Å². The topological polar surface area (TPSA) is 50.8 Å². The molecule has 2 aromatic rings. The minimum atomic E-state index is -0.145. The number of hydrogen-bond acceptors (Lipinski definition) is 5. The summed E-state index contributed by atoms with van der Waals surface area (Å²) in [4.78, 5) is 16.5. The van der Waals surface area contributed by atoms with E-state index in [4.69, 9.17) is 9.47 Å². The highest BCUT2D eigenvalue weighted by Crippen LogP contribution is 2.34. The molecule has 4 rings (SSSR count). The number of morpholine rings is 1. The molecule has 2 heterocycles. The molecule has 170 valence electrons. The van der Waals surface area contributed by atoms with Crippen LogP contribution in [0.3, 0.4) is 0 Å². The number of rotatable bonds is 7. The van der Waals surface area contributed by atoms with Crippen LogP contribution in [0.25, 0.3) is 4.91 Å². The predicted octanol–water partition coefficient (Wildman–Crippen LogP) is 4.43. The molecule has 1 amide bonds. The fourth-order valence-corrected chi connectivity index (χ4v) is 5.07. The van der Waals surface area contributed by atoms with Crippen LogP contribution < -0.4 is 5.32 Å². The van der Waals surface area contributed by atoms with Gasteiger partial charge in [-0.15, -0.1) is 11.8 Å². The maximum absolute atomic E-state index is 13.2. The third-order valence-electron chi connectivity index (χ3n) is 5.95. The molecule has 0 aliphatic carbocycles. The van der Waals surface area contributed by atoms with Gasteiger partial charge >= 0.3 is 0 Å². The number of nitrogens with one attached hydrogen (secondary N) is 1. The van der Waals surface area contributed by atoms with Gasteiger partial charge in [0.2, 0.25) is 0 Å². The van der Waals surface area contributed by atoms with Crippen LogP contribution in [0.4, 0.5) is 0 Å². The summed E-state index contributed by atoms with van der Waals surface area (Å²) in [6.07, 6.45) is 0. The Kier molecular flexibility index (Phi) is 7.90. The molecule has 0 bridgehead atoms. The van der Waals surface area contributed by atoms with Gasteiger partial charge in [-0.1, -0.05) is 68.4 Å². The molecule has 0 aromatic heterocycles. The van der Waals surface area contributed by atoms with Crippen LogP contribution in [-0.4, -0.2) is 56.0 Å². The van der Waals surface area contributed by atoms with E-state index in [-0.39, 0.29) is 11.9 Å². The van der Waals surface area contributed by atoms with Gasteiger partial charge in [0, 0.05) is 25.4 Å². The molecular weight excluding hydrogens is 420 g/mol. The van der Waals surface area contributed by atoms with E-state index in [9.17, 15) is 4.79 Å². The fraction of sp³-hybridized carbons (Fsp3) is 0.423. The molecule has 1 saturated heterocycles. The van der Waals surface area contributed by atoms with Crippen LogP contribution in [0.15, 0.2) is 60.4 Å². The first kappa shape index (κ1) is 22.9. The van der Waals surface area contributed by atoms with Gasteiger partial charge in [0.1, 0.15) is 0 Å². The van der Waals surface area contributed by atoms with Crippen LogP contribution >= 0.6 is 11.8 Å². The SMILES string of the molecule is CC(C)c1ccc(C(CNC(=O)C2=C(c3ccccc3)SCCO2)N2CCOCC2)cc1. The third kappa shape index (κ3) is 5.55. The summed E-state index contributed by atoms with van der Waals surface area (Å²) in [5.74, 6) is 1.63. The van der Waals surface area contributed by atoms with Crippen molar-refractivity contribution in [2.75, 3.05) is 45.2 Å². The average Bonchev–Trinajstić information content (AvgIpc) is 2.85. The number of thioether (sulfide) groups is 1. The van der Waals surface area contributed by atoms with Gasteiger partial charge in [0.25, 0.3) is 5.91 Å². The van der Waals surface area contributed by atoms with Crippen molar-refractivity contribution in [1.82, 2.24) is 10.2 Å². The van der Waals surface area contributed by atoms with Gasteiger partial charge in [-0.2, -0.15) is 0 Å². The number of benzene rings is 2. The molecular formula is C26H32N2O3S. The van der Waals surface area contributed by atoms with E-state index < -0.39 is 0 Å². The van der Waals surface area contributed by atoms with Crippen LogP contribution in [0.2, 0.25) is 0 Å². The summed E-state index contributed by atoms with van der Waals surface area (Å²) >= 11 is 1.68. The highest BCUT2D eigenvalue weighted by Gasteiger charge is 2.27. The monoisotopic (exact) mass is 452 g/mol. The number of carbonyl (C=O) groups excluding carboxylic acids is 1. The lowest BCUT2D eigenvalue weighted by molar-refractivity contribution is -0.121. The van der Waals surface area contributed by atoms with Crippen molar-refractivity contribution in [2.45, 2.75) is 25.8 Å². The number of amides is 1. The lowest BCUT2D eigenvalue weighted by atomic mass is 9.98. The first-order valence-electron chi connectivity index (χ1n) is 11.4. The second kappa shape index (κ2) is 11.0. The van der Waals surface area contributed by atoms with E-state index in [0.29, 0.717) is 24.8 Å². The molecule has 0 saturated carbocycles. The lowest BCUT2D eigenvalue weighted by Gasteiger charge is -2.35. The summed E-state index contributed by atoms with van der Waals surface area (Å²) in [5.41, 5.74) is 3.56. The zero-order valence-corrected chi connectivity index (χ0v) is 19.7. The van der Waals surface area contributed by atoms with Gasteiger partial charge in [0.05, 0.1) is 30.8 Å². The van der Waals surface area contributed by atoms with Gasteiger partial charge in [0.15, 0.2) is 5.76 Å². The second-order valence-electron chi connectivity index (χ2n) is 8.42. The normalized spacial score (nSPS) is 18.3. The summed E-state index contributed by atoms with van der Waals surface area (Å²) < 4.78 is 11.4. The highest BCUT2D eigenvalue weighted by molar-refractivity contribution is 8.08. The third-order valence-corrected chi connectivity index (χ3v) is 7.04. The molecule has 1 atom stereocenters. The lowest BCUT2D eigenvalue weighted by Crippen LogP contribution is -2.44. The smallest absolute Gasteiger partial charge is 0.287 e. The zero-order chi connectivity index (χ0) is 22.3. The summed E-state index contributed by atoms with van der Waals surface area (Å²) in [6.45, 7) is 8.64. The molecule has 0 radical (unpaired) electrons. The van der Waals surface area contributed by atoms with E-state index in [1.165, 1.54) is 11.1 Å². The van der Waals surface area contributed by atoms with E-state index in [1.54, 1.807) is 11.8 Å². The van der Waals surface area contributed by atoms with Gasteiger partial charge in [-0.3, -0.25) is 9.69 Å². The van der Waals surface area contributed by atoms with Crippen molar-refractivity contribution in [1.29, 1.82) is 0 Å². The summed E-state index contributed by atoms with van der Waals surface area (Å²) in [6, 6.07) is 18.9. The Hall–Kier alpha value is -2.28. The maximum atomic E-state index is 13.2. The quantitative estimate of drug-likeness (QED) is 0.674. The first-order valence-corrected chi connectivity index (χ1v) is 12.4. The standard InChI is InChI=1S/C26H32N2O3S/c1-19(2)20-8-10-21(11-9-20)23(28-12-14-30-15-13-28)18-27-26(29)24-25(32-17-16-31-24)22-6-4-3-5-7-22/h3-11,19,23H,12-18H2,1-2H3,(H,27,29).